The number of hydrogen-bond acceptors (Lipinski definition) is 2. The summed E-state index contributed by atoms with van der Waals surface area (Å²) in [7, 11) is 1.43. The fraction of sp³-hybridized carbons (Fsp3) is 0.250. The second-order valence-electron chi connectivity index (χ2n) is 3.26. The van der Waals surface area contributed by atoms with Crippen LogP contribution in [-0.2, 0) is 0 Å². The SMILES string of the molecule is C/C=C(/C(=O)c1ccc(OC)cc1)C(F)(F)F. The lowest BCUT2D eigenvalue weighted by Gasteiger charge is -2.10. The number of methoxy groups -OCH3 is 1. The van der Waals surface area contributed by atoms with E-state index in [1.54, 1.807) is 0 Å². The van der Waals surface area contributed by atoms with E-state index in [1.807, 2.05) is 0 Å². The first-order chi connectivity index (χ1) is 7.90. The van der Waals surface area contributed by atoms with Gasteiger partial charge < -0.3 is 4.74 Å². The maximum atomic E-state index is 12.5. The van der Waals surface area contributed by atoms with E-state index < -0.39 is 17.5 Å². The molecule has 0 aromatic heterocycles. The summed E-state index contributed by atoms with van der Waals surface area (Å²) >= 11 is 0. The quantitative estimate of drug-likeness (QED) is 0.601. The molecule has 0 unspecified atom stereocenters. The number of allylic oxidation sites excluding steroid dienone is 2. The molecule has 0 aliphatic carbocycles. The van der Waals surface area contributed by atoms with E-state index in [0.29, 0.717) is 5.75 Å². The number of carbonyl (C=O) groups is 1. The van der Waals surface area contributed by atoms with Crippen LogP contribution in [0.5, 0.6) is 5.75 Å². The Morgan fingerprint density at radius 3 is 2.12 bits per heavy atom. The molecule has 17 heavy (non-hydrogen) atoms. The average molecular weight is 244 g/mol. The molecule has 5 heteroatoms. The van der Waals surface area contributed by atoms with Crippen molar-refractivity contribution in [2.75, 3.05) is 7.11 Å². The Kier molecular flexibility index (Phi) is 3.93. The molecule has 0 spiro atoms. The van der Waals surface area contributed by atoms with Crippen molar-refractivity contribution in [3.8, 4) is 5.75 Å². The minimum absolute atomic E-state index is 0.0174. The van der Waals surface area contributed by atoms with Gasteiger partial charge in [0.15, 0.2) is 5.78 Å². The molecular weight excluding hydrogens is 233 g/mol. The molecule has 0 aliphatic heterocycles. The molecule has 2 nitrogen and oxygen atoms in total. The molecule has 1 rings (SSSR count). The summed E-state index contributed by atoms with van der Waals surface area (Å²) in [6.07, 6.45) is -3.86. The first kappa shape index (κ1) is 13.3. The van der Waals surface area contributed by atoms with E-state index in [2.05, 4.69) is 0 Å². The fourth-order valence-corrected chi connectivity index (χ4v) is 1.32. The monoisotopic (exact) mass is 244 g/mol. The molecule has 0 saturated carbocycles. The van der Waals surface area contributed by atoms with E-state index in [4.69, 9.17) is 4.74 Å². The van der Waals surface area contributed by atoms with Crippen LogP contribution in [0.15, 0.2) is 35.9 Å². The number of ketones is 1. The third kappa shape index (κ3) is 3.09. The lowest BCUT2D eigenvalue weighted by Crippen LogP contribution is -2.20. The standard InChI is InChI=1S/C12H11F3O2/c1-3-10(12(13,14)15)11(16)8-4-6-9(17-2)7-5-8/h3-7H,1-2H3/b10-3-. The summed E-state index contributed by atoms with van der Waals surface area (Å²) in [4.78, 5) is 11.6. The number of Topliss-reactive ketones (excluding diaryl/α,β-unsaturated/α-hetero) is 1. The lowest BCUT2D eigenvalue weighted by atomic mass is 10.0. The van der Waals surface area contributed by atoms with Crippen LogP contribution in [0.25, 0.3) is 0 Å². The normalized spacial score (nSPS) is 12.4. The van der Waals surface area contributed by atoms with Gasteiger partial charge in [0, 0.05) is 5.56 Å². The largest absolute Gasteiger partial charge is 0.497 e. The highest BCUT2D eigenvalue weighted by atomic mass is 19.4. The van der Waals surface area contributed by atoms with E-state index in [9.17, 15) is 18.0 Å². The van der Waals surface area contributed by atoms with Gasteiger partial charge in [0.1, 0.15) is 5.75 Å². The Labute approximate surface area is 96.7 Å². The molecule has 0 heterocycles. The van der Waals surface area contributed by atoms with E-state index >= 15 is 0 Å². The average Bonchev–Trinajstić information content (AvgIpc) is 2.28. The maximum Gasteiger partial charge on any atom is 0.419 e. The minimum Gasteiger partial charge on any atom is -0.497 e. The van der Waals surface area contributed by atoms with Crippen molar-refractivity contribution in [2.45, 2.75) is 13.1 Å². The maximum absolute atomic E-state index is 12.5. The van der Waals surface area contributed by atoms with Crippen molar-refractivity contribution in [3.63, 3.8) is 0 Å². The van der Waals surface area contributed by atoms with Crippen LogP contribution in [0.1, 0.15) is 17.3 Å². The predicted octanol–water partition coefficient (Wildman–Crippen LogP) is 3.39. The highest BCUT2D eigenvalue weighted by molar-refractivity contribution is 6.09. The molecule has 0 N–H and O–H groups in total. The molecule has 0 atom stereocenters. The summed E-state index contributed by atoms with van der Waals surface area (Å²) in [5.41, 5.74) is -1.18. The molecule has 0 aliphatic rings. The number of halogens is 3. The number of hydrogen-bond donors (Lipinski definition) is 0. The van der Waals surface area contributed by atoms with Gasteiger partial charge in [0.2, 0.25) is 0 Å². The third-order valence-electron chi connectivity index (χ3n) is 2.19. The van der Waals surface area contributed by atoms with Gasteiger partial charge in [0.25, 0.3) is 0 Å². The summed E-state index contributed by atoms with van der Waals surface area (Å²) in [6, 6.07) is 5.49. The molecule has 0 radical (unpaired) electrons. The first-order valence-corrected chi connectivity index (χ1v) is 4.82. The Balaban J connectivity index is 3.03. The summed E-state index contributed by atoms with van der Waals surface area (Å²) in [5, 5.41) is 0. The summed E-state index contributed by atoms with van der Waals surface area (Å²) < 4.78 is 42.3. The fourth-order valence-electron chi connectivity index (χ4n) is 1.32. The van der Waals surface area contributed by atoms with Gasteiger partial charge in [-0.2, -0.15) is 13.2 Å². The smallest absolute Gasteiger partial charge is 0.419 e. The van der Waals surface area contributed by atoms with Gasteiger partial charge in [-0.3, -0.25) is 4.79 Å². The molecule has 92 valence electrons. The number of carbonyl (C=O) groups excluding carboxylic acids is 1. The summed E-state index contributed by atoms with van der Waals surface area (Å²) in [6.45, 7) is 1.18. The van der Waals surface area contributed by atoms with Gasteiger partial charge >= 0.3 is 6.18 Å². The van der Waals surface area contributed by atoms with Crippen LogP contribution in [0.2, 0.25) is 0 Å². The molecule has 1 aromatic carbocycles. The zero-order chi connectivity index (χ0) is 13.1. The van der Waals surface area contributed by atoms with Gasteiger partial charge in [-0.05, 0) is 31.2 Å². The predicted molar refractivity (Wildman–Crippen MR) is 57.1 cm³/mol. The van der Waals surface area contributed by atoms with E-state index in [-0.39, 0.29) is 5.56 Å². The second-order valence-corrected chi connectivity index (χ2v) is 3.26. The highest BCUT2D eigenvalue weighted by Gasteiger charge is 2.38. The van der Waals surface area contributed by atoms with Crippen molar-refractivity contribution < 1.29 is 22.7 Å². The molecular formula is C12H11F3O2. The topological polar surface area (TPSA) is 26.3 Å². The van der Waals surface area contributed by atoms with Crippen LogP contribution in [0.4, 0.5) is 13.2 Å². The van der Waals surface area contributed by atoms with Gasteiger partial charge in [-0.25, -0.2) is 0 Å². The Morgan fingerprint density at radius 2 is 1.76 bits per heavy atom. The molecule has 0 bridgehead atoms. The third-order valence-corrected chi connectivity index (χ3v) is 2.19. The van der Waals surface area contributed by atoms with Crippen LogP contribution < -0.4 is 4.74 Å². The number of benzene rings is 1. The van der Waals surface area contributed by atoms with Crippen molar-refractivity contribution in [2.24, 2.45) is 0 Å². The Bertz CT molecular complexity index is 430. The molecule has 0 fully saturated rings. The van der Waals surface area contributed by atoms with Crippen molar-refractivity contribution in [3.05, 3.63) is 41.5 Å². The highest BCUT2D eigenvalue weighted by Crippen LogP contribution is 2.28. The van der Waals surface area contributed by atoms with Crippen molar-refractivity contribution in [1.29, 1.82) is 0 Å². The molecule has 0 amide bonds. The van der Waals surface area contributed by atoms with Crippen LogP contribution in [0.3, 0.4) is 0 Å². The lowest BCUT2D eigenvalue weighted by molar-refractivity contribution is -0.0888. The molecule has 0 saturated heterocycles. The molecule has 1 aromatic rings. The van der Waals surface area contributed by atoms with Crippen molar-refractivity contribution in [1.82, 2.24) is 0 Å². The van der Waals surface area contributed by atoms with Gasteiger partial charge in [-0.15, -0.1) is 0 Å². The van der Waals surface area contributed by atoms with Crippen LogP contribution >= 0.6 is 0 Å². The zero-order valence-electron chi connectivity index (χ0n) is 9.34. The number of ether oxygens (including phenoxy) is 1. The van der Waals surface area contributed by atoms with E-state index in [0.717, 1.165) is 6.08 Å². The minimum atomic E-state index is -4.63. The zero-order valence-corrected chi connectivity index (χ0v) is 9.34. The van der Waals surface area contributed by atoms with Crippen molar-refractivity contribution >= 4 is 5.78 Å². The van der Waals surface area contributed by atoms with Crippen LogP contribution in [0, 0.1) is 0 Å². The Hall–Kier alpha value is -1.78. The Morgan fingerprint density at radius 1 is 1.24 bits per heavy atom. The van der Waals surface area contributed by atoms with Gasteiger partial charge in [0.05, 0.1) is 12.7 Å². The van der Waals surface area contributed by atoms with Gasteiger partial charge in [-0.1, -0.05) is 6.08 Å². The summed E-state index contributed by atoms with van der Waals surface area (Å²) in [5.74, 6) is -0.557. The number of alkyl halides is 3. The van der Waals surface area contributed by atoms with E-state index in [1.165, 1.54) is 38.3 Å². The number of rotatable bonds is 3. The first-order valence-electron chi connectivity index (χ1n) is 4.82. The van der Waals surface area contributed by atoms with Crippen LogP contribution in [-0.4, -0.2) is 19.1 Å². The second kappa shape index (κ2) is 5.03.